The third-order valence-electron chi connectivity index (χ3n) is 4.99. The average molecular weight is 489 g/mol. The molecule has 0 fully saturated rings. The van der Waals surface area contributed by atoms with E-state index in [1.807, 2.05) is 6.92 Å². The number of aryl methyl sites for hydroxylation is 2. The van der Waals surface area contributed by atoms with Gasteiger partial charge in [0, 0.05) is 10.7 Å². The van der Waals surface area contributed by atoms with E-state index in [1.165, 1.54) is 19.2 Å². The van der Waals surface area contributed by atoms with Gasteiger partial charge in [0.2, 0.25) is 5.91 Å². The molecule has 33 heavy (non-hydrogen) atoms. The second-order valence-corrected chi connectivity index (χ2v) is 9.61. The number of amides is 1. The van der Waals surface area contributed by atoms with Crippen LogP contribution in [0.3, 0.4) is 0 Å². The van der Waals surface area contributed by atoms with Crippen molar-refractivity contribution < 1.29 is 22.7 Å². The largest absolute Gasteiger partial charge is 0.497 e. The van der Waals surface area contributed by atoms with Crippen molar-refractivity contribution >= 4 is 38.9 Å². The molecule has 0 saturated carbocycles. The normalized spacial score (nSPS) is 11.1. The molecule has 1 amide bonds. The van der Waals surface area contributed by atoms with E-state index in [0.717, 1.165) is 15.4 Å². The summed E-state index contributed by atoms with van der Waals surface area (Å²) in [5, 5.41) is 3.11. The molecule has 0 bridgehead atoms. The van der Waals surface area contributed by atoms with Gasteiger partial charge in [-0.15, -0.1) is 0 Å². The van der Waals surface area contributed by atoms with Crippen molar-refractivity contribution in [3.8, 4) is 11.5 Å². The number of halogens is 1. The van der Waals surface area contributed by atoms with Gasteiger partial charge in [0.25, 0.3) is 10.0 Å². The second kappa shape index (κ2) is 10.1. The number of methoxy groups -OCH3 is 2. The molecule has 0 radical (unpaired) electrons. The first-order valence-electron chi connectivity index (χ1n) is 10.0. The van der Waals surface area contributed by atoms with E-state index in [9.17, 15) is 13.2 Å². The number of sulfonamides is 1. The van der Waals surface area contributed by atoms with E-state index in [1.54, 1.807) is 62.6 Å². The third-order valence-corrected chi connectivity index (χ3v) is 7.19. The van der Waals surface area contributed by atoms with Crippen molar-refractivity contribution in [2.45, 2.75) is 18.7 Å². The highest BCUT2D eigenvalue weighted by Crippen LogP contribution is 2.32. The average Bonchev–Trinajstić information content (AvgIpc) is 2.79. The fourth-order valence-corrected chi connectivity index (χ4v) is 4.99. The highest BCUT2D eigenvalue weighted by atomic mass is 35.5. The molecule has 0 aliphatic rings. The minimum absolute atomic E-state index is 0.0426. The maximum absolute atomic E-state index is 13.7. The monoisotopic (exact) mass is 488 g/mol. The Morgan fingerprint density at radius 1 is 0.970 bits per heavy atom. The lowest BCUT2D eigenvalue weighted by Gasteiger charge is -2.25. The summed E-state index contributed by atoms with van der Waals surface area (Å²) in [6.07, 6.45) is 0. The molecule has 0 spiro atoms. The molecule has 7 nitrogen and oxygen atoms in total. The van der Waals surface area contributed by atoms with E-state index >= 15 is 0 Å². The standard InChI is InChI=1S/C24H25ClN2O5S/c1-16-5-12-22(32-4)23(13-16)33(29,30)27(19-9-6-17(2)21(25)14-19)15-24(28)26-18-7-10-20(31-3)11-8-18/h5-14H,15H2,1-4H3,(H,26,28). The molecule has 3 aromatic carbocycles. The molecule has 0 unspecified atom stereocenters. The van der Waals surface area contributed by atoms with Gasteiger partial charge in [-0.1, -0.05) is 23.7 Å². The number of ether oxygens (including phenoxy) is 2. The number of nitrogens with zero attached hydrogens (tertiary/aromatic N) is 1. The van der Waals surface area contributed by atoms with Crippen LogP contribution in [0, 0.1) is 13.8 Å². The molecule has 9 heteroatoms. The van der Waals surface area contributed by atoms with E-state index in [-0.39, 0.29) is 16.3 Å². The number of anilines is 2. The first kappa shape index (κ1) is 24.4. The summed E-state index contributed by atoms with van der Waals surface area (Å²) in [5.41, 5.74) is 2.29. The maximum atomic E-state index is 13.7. The van der Waals surface area contributed by atoms with Gasteiger partial charge < -0.3 is 14.8 Å². The van der Waals surface area contributed by atoms with E-state index < -0.39 is 22.5 Å². The molecular weight excluding hydrogens is 464 g/mol. The second-order valence-electron chi connectivity index (χ2n) is 7.38. The quantitative estimate of drug-likeness (QED) is 0.492. The van der Waals surface area contributed by atoms with Gasteiger partial charge >= 0.3 is 0 Å². The summed E-state index contributed by atoms with van der Waals surface area (Å²) >= 11 is 6.27. The van der Waals surface area contributed by atoms with Crippen molar-refractivity contribution in [1.29, 1.82) is 0 Å². The maximum Gasteiger partial charge on any atom is 0.268 e. The van der Waals surface area contributed by atoms with Crippen molar-refractivity contribution in [1.82, 2.24) is 0 Å². The fraction of sp³-hybridized carbons (Fsp3) is 0.208. The summed E-state index contributed by atoms with van der Waals surface area (Å²) < 4.78 is 38.9. The summed E-state index contributed by atoms with van der Waals surface area (Å²) in [6.45, 7) is 3.12. The predicted molar refractivity (Wildman–Crippen MR) is 130 cm³/mol. The number of nitrogens with one attached hydrogen (secondary N) is 1. The Kier molecular flexibility index (Phi) is 7.50. The van der Waals surface area contributed by atoms with Crippen LogP contribution in [0.4, 0.5) is 11.4 Å². The van der Waals surface area contributed by atoms with Gasteiger partial charge in [-0.2, -0.15) is 0 Å². The lowest BCUT2D eigenvalue weighted by Crippen LogP contribution is -2.38. The molecule has 0 saturated heterocycles. The van der Waals surface area contributed by atoms with Gasteiger partial charge in [-0.3, -0.25) is 9.10 Å². The minimum atomic E-state index is -4.18. The highest BCUT2D eigenvalue weighted by Gasteiger charge is 2.30. The zero-order valence-electron chi connectivity index (χ0n) is 18.8. The molecule has 0 atom stereocenters. The van der Waals surface area contributed by atoms with Gasteiger partial charge in [-0.25, -0.2) is 8.42 Å². The van der Waals surface area contributed by atoms with Crippen LogP contribution in [0.5, 0.6) is 11.5 Å². The van der Waals surface area contributed by atoms with E-state index in [4.69, 9.17) is 21.1 Å². The Balaban J connectivity index is 2.01. The molecule has 3 aromatic rings. The van der Waals surface area contributed by atoms with Crippen LogP contribution in [-0.4, -0.2) is 35.1 Å². The van der Waals surface area contributed by atoms with Gasteiger partial charge in [0.05, 0.1) is 19.9 Å². The number of benzene rings is 3. The lowest BCUT2D eigenvalue weighted by molar-refractivity contribution is -0.114. The van der Waals surface area contributed by atoms with Gasteiger partial charge in [-0.05, 0) is 73.5 Å². The molecule has 1 N–H and O–H groups in total. The first-order chi connectivity index (χ1) is 15.6. The molecule has 3 rings (SSSR count). The van der Waals surface area contributed by atoms with E-state index in [2.05, 4.69) is 5.32 Å². The Morgan fingerprint density at radius 2 is 1.67 bits per heavy atom. The van der Waals surface area contributed by atoms with E-state index in [0.29, 0.717) is 16.5 Å². The van der Waals surface area contributed by atoms with Crippen LogP contribution in [0.1, 0.15) is 11.1 Å². The number of hydrogen-bond donors (Lipinski definition) is 1. The summed E-state index contributed by atoms with van der Waals surface area (Å²) in [5.74, 6) is 0.296. The molecular formula is C24H25ClN2O5S. The number of carbonyl (C=O) groups is 1. The Labute approximate surface area is 198 Å². The molecule has 0 aromatic heterocycles. The summed E-state index contributed by atoms with van der Waals surface area (Å²) in [6, 6.07) is 16.4. The Morgan fingerprint density at radius 3 is 2.27 bits per heavy atom. The van der Waals surface area contributed by atoms with Crippen LogP contribution >= 0.6 is 11.6 Å². The van der Waals surface area contributed by atoms with Crippen molar-refractivity contribution in [2.75, 3.05) is 30.4 Å². The number of rotatable bonds is 8. The van der Waals surface area contributed by atoms with Crippen molar-refractivity contribution in [3.63, 3.8) is 0 Å². The van der Waals surface area contributed by atoms with Crippen LogP contribution in [0.2, 0.25) is 5.02 Å². The lowest BCUT2D eigenvalue weighted by atomic mass is 10.2. The molecule has 0 heterocycles. The first-order valence-corrected chi connectivity index (χ1v) is 11.8. The van der Waals surface area contributed by atoms with Crippen LogP contribution in [0.15, 0.2) is 65.6 Å². The summed E-state index contributed by atoms with van der Waals surface area (Å²) in [7, 11) is -1.24. The van der Waals surface area contributed by atoms with Gasteiger partial charge in [0.1, 0.15) is 22.9 Å². The van der Waals surface area contributed by atoms with Gasteiger partial charge in [0.15, 0.2) is 0 Å². The fourth-order valence-electron chi connectivity index (χ4n) is 3.16. The SMILES string of the molecule is COc1ccc(NC(=O)CN(c2ccc(C)c(Cl)c2)S(=O)(=O)c2cc(C)ccc2OC)cc1. The summed E-state index contributed by atoms with van der Waals surface area (Å²) in [4.78, 5) is 12.8. The molecule has 174 valence electrons. The van der Waals surface area contributed by atoms with Crippen LogP contribution < -0.4 is 19.1 Å². The van der Waals surface area contributed by atoms with Crippen LogP contribution in [0.25, 0.3) is 0 Å². The molecule has 0 aliphatic carbocycles. The van der Waals surface area contributed by atoms with Crippen molar-refractivity contribution in [3.05, 3.63) is 76.8 Å². The predicted octanol–water partition coefficient (Wildman–Crippen LogP) is 4.81. The third kappa shape index (κ3) is 5.58. The Hall–Kier alpha value is -3.23. The molecule has 0 aliphatic heterocycles. The topological polar surface area (TPSA) is 84.9 Å². The highest BCUT2D eigenvalue weighted by molar-refractivity contribution is 7.93. The van der Waals surface area contributed by atoms with Crippen LogP contribution in [-0.2, 0) is 14.8 Å². The zero-order valence-corrected chi connectivity index (χ0v) is 20.3. The number of hydrogen-bond acceptors (Lipinski definition) is 5. The minimum Gasteiger partial charge on any atom is -0.497 e. The smallest absolute Gasteiger partial charge is 0.268 e. The zero-order chi connectivity index (χ0) is 24.2. The van der Waals surface area contributed by atoms with Crippen molar-refractivity contribution in [2.24, 2.45) is 0 Å². The number of carbonyl (C=O) groups excluding carboxylic acids is 1. The Bertz CT molecular complexity index is 1260.